The number of benzene rings is 2. The first-order chi connectivity index (χ1) is 9.28. The lowest BCUT2D eigenvalue weighted by Crippen LogP contribution is -2.46. The van der Waals surface area contributed by atoms with Crippen molar-refractivity contribution in [3.63, 3.8) is 0 Å². The second kappa shape index (κ2) is 4.57. The zero-order chi connectivity index (χ0) is 13.2. The van der Waals surface area contributed by atoms with E-state index in [9.17, 15) is 4.79 Å². The van der Waals surface area contributed by atoms with Crippen molar-refractivity contribution in [2.45, 2.75) is 0 Å². The van der Waals surface area contributed by atoms with Crippen molar-refractivity contribution in [1.82, 2.24) is 0 Å². The molecule has 0 fully saturated rings. The summed E-state index contributed by atoms with van der Waals surface area (Å²) in [5.74, 6) is 0.268. The fraction of sp³-hybridized carbons (Fsp3) is 0.0667. The van der Waals surface area contributed by atoms with E-state index in [2.05, 4.69) is 0 Å². The van der Waals surface area contributed by atoms with Crippen LogP contribution in [0.2, 0.25) is 0 Å². The van der Waals surface area contributed by atoms with E-state index in [1.165, 1.54) is 4.57 Å². The molecule has 0 N–H and O–H groups in total. The number of methoxy groups -OCH3 is 1. The van der Waals surface area contributed by atoms with E-state index in [0.29, 0.717) is 17.0 Å². The minimum atomic E-state index is -0.424. The molecule has 94 valence electrons. The van der Waals surface area contributed by atoms with Gasteiger partial charge in [0.2, 0.25) is 5.69 Å². The Morgan fingerprint density at radius 1 is 1.11 bits per heavy atom. The van der Waals surface area contributed by atoms with E-state index < -0.39 is 5.76 Å². The highest BCUT2D eigenvalue weighted by Crippen LogP contribution is 2.13. The zero-order valence-electron chi connectivity index (χ0n) is 10.4. The van der Waals surface area contributed by atoms with Gasteiger partial charge in [-0.15, -0.1) is 0 Å². The number of hydrogen-bond acceptors (Lipinski definition) is 3. The van der Waals surface area contributed by atoms with Crippen LogP contribution in [0.5, 0.6) is 5.75 Å². The van der Waals surface area contributed by atoms with Crippen molar-refractivity contribution in [3.05, 3.63) is 65.3 Å². The first kappa shape index (κ1) is 11.5. The molecule has 0 bridgehead atoms. The van der Waals surface area contributed by atoms with Crippen LogP contribution in [-0.2, 0) is 0 Å². The summed E-state index contributed by atoms with van der Waals surface area (Å²) in [5.41, 5.74) is 1.28. The number of ether oxygens (including phenoxy) is 1. The van der Waals surface area contributed by atoms with Crippen LogP contribution >= 0.6 is 0 Å². The minimum absolute atomic E-state index is 0.424. The fourth-order valence-electron chi connectivity index (χ4n) is 1.96. The molecule has 19 heavy (non-hydrogen) atoms. The molecule has 4 nitrogen and oxygen atoms in total. The molecule has 3 aromatic rings. The summed E-state index contributed by atoms with van der Waals surface area (Å²) < 4.78 is 11.9. The molecule has 0 aliphatic carbocycles. The van der Waals surface area contributed by atoms with Crippen LogP contribution in [0.25, 0.3) is 16.7 Å². The Kier molecular flexibility index (Phi) is 2.76. The predicted molar refractivity (Wildman–Crippen MR) is 70.6 cm³/mol. The molecule has 0 saturated carbocycles. The van der Waals surface area contributed by atoms with Gasteiger partial charge in [-0.25, -0.2) is 0 Å². The molecule has 1 heterocycles. The lowest BCUT2D eigenvalue weighted by Gasteiger charge is -1.99. The number of para-hydroxylation sites is 1. The SMILES string of the molecule is COc1cccc(-[n+]2cc3ccccc3oc2=O)c1. The fourth-order valence-corrected chi connectivity index (χ4v) is 1.96. The highest BCUT2D eigenvalue weighted by atomic mass is 16.5. The molecule has 0 amide bonds. The Morgan fingerprint density at radius 2 is 1.95 bits per heavy atom. The van der Waals surface area contributed by atoms with Crippen LogP contribution < -0.4 is 15.1 Å². The molecule has 0 spiro atoms. The summed E-state index contributed by atoms with van der Waals surface area (Å²) in [4.78, 5) is 12.0. The number of rotatable bonds is 2. The summed E-state index contributed by atoms with van der Waals surface area (Å²) >= 11 is 0. The molecule has 0 atom stereocenters. The summed E-state index contributed by atoms with van der Waals surface area (Å²) in [6, 6.07) is 14.7. The lowest BCUT2D eigenvalue weighted by atomic mass is 10.2. The van der Waals surface area contributed by atoms with Crippen molar-refractivity contribution >= 4 is 11.0 Å². The summed E-state index contributed by atoms with van der Waals surface area (Å²) in [5, 5.41) is 0.866. The third-order valence-corrected chi connectivity index (χ3v) is 2.91. The number of fused-ring (bicyclic) bond motifs is 1. The Bertz CT molecular complexity index is 792. The topological polar surface area (TPSA) is 43.3 Å². The van der Waals surface area contributed by atoms with Gasteiger partial charge in [-0.2, -0.15) is 4.79 Å². The van der Waals surface area contributed by atoms with Crippen molar-refractivity contribution < 1.29 is 13.7 Å². The maximum atomic E-state index is 12.0. The first-order valence-electron chi connectivity index (χ1n) is 5.87. The summed E-state index contributed by atoms with van der Waals surface area (Å²) in [7, 11) is 1.59. The van der Waals surface area contributed by atoms with Gasteiger partial charge in [-0.3, -0.25) is 0 Å². The third-order valence-electron chi connectivity index (χ3n) is 2.91. The molecule has 0 aliphatic heterocycles. The minimum Gasteiger partial charge on any atom is -0.497 e. The Morgan fingerprint density at radius 3 is 2.79 bits per heavy atom. The zero-order valence-corrected chi connectivity index (χ0v) is 10.4. The van der Waals surface area contributed by atoms with Gasteiger partial charge in [-0.1, -0.05) is 22.8 Å². The van der Waals surface area contributed by atoms with Gasteiger partial charge in [0.05, 0.1) is 18.6 Å². The van der Waals surface area contributed by atoms with Gasteiger partial charge in [0.25, 0.3) is 0 Å². The van der Waals surface area contributed by atoms with Crippen LogP contribution in [0.15, 0.2) is 63.9 Å². The Balaban J connectivity index is 2.24. The van der Waals surface area contributed by atoms with Gasteiger partial charge in [-0.05, 0) is 18.2 Å². The molecule has 0 saturated heterocycles. The van der Waals surface area contributed by atoms with Crippen molar-refractivity contribution in [3.8, 4) is 11.4 Å². The van der Waals surface area contributed by atoms with Gasteiger partial charge >= 0.3 is 5.76 Å². The molecule has 3 rings (SSSR count). The first-order valence-corrected chi connectivity index (χ1v) is 5.87. The van der Waals surface area contributed by atoms with E-state index in [4.69, 9.17) is 9.15 Å². The Labute approximate surface area is 109 Å². The van der Waals surface area contributed by atoms with E-state index in [1.807, 2.05) is 36.4 Å². The average Bonchev–Trinajstić information content (AvgIpc) is 2.46. The van der Waals surface area contributed by atoms with E-state index in [-0.39, 0.29) is 0 Å². The standard InChI is InChI=1S/C15H12NO3/c1-18-13-7-4-6-12(9-13)16-10-11-5-2-3-8-14(11)19-15(16)17/h2-10H,1H3/q+1. The molecular formula is C15H12NO3+. The number of aromatic nitrogens is 1. The van der Waals surface area contributed by atoms with Crippen molar-refractivity contribution in [2.24, 2.45) is 0 Å². The third kappa shape index (κ3) is 2.08. The quantitative estimate of drug-likeness (QED) is 0.658. The molecule has 0 aliphatic rings. The molecule has 2 aromatic carbocycles. The predicted octanol–water partition coefficient (Wildman–Crippen LogP) is 2.08. The smallest absolute Gasteiger partial charge is 0.497 e. The highest BCUT2D eigenvalue weighted by Gasteiger charge is 2.15. The average molecular weight is 254 g/mol. The summed E-state index contributed by atoms with van der Waals surface area (Å²) in [6.07, 6.45) is 1.76. The van der Waals surface area contributed by atoms with Gasteiger partial charge in [0, 0.05) is 6.07 Å². The maximum Gasteiger partial charge on any atom is 0.608 e. The number of hydrogen-bond donors (Lipinski definition) is 0. The van der Waals surface area contributed by atoms with Crippen molar-refractivity contribution in [2.75, 3.05) is 7.11 Å². The molecular weight excluding hydrogens is 242 g/mol. The van der Waals surface area contributed by atoms with E-state index in [0.717, 1.165) is 5.39 Å². The second-order valence-electron chi connectivity index (χ2n) is 4.11. The maximum absolute atomic E-state index is 12.0. The summed E-state index contributed by atoms with van der Waals surface area (Å²) in [6.45, 7) is 0. The van der Waals surface area contributed by atoms with E-state index >= 15 is 0 Å². The lowest BCUT2D eigenvalue weighted by molar-refractivity contribution is -0.623. The van der Waals surface area contributed by atoms with Gasteiger partial charge in [0.1, 0.15) is 5.75 Å². The largest absolute Gasteiger partial charge is 0.608 e. The van der Waals surface area contributed by atoms with Crippen LogP contribution in [0, 0.1) is 0 Å². The molecule has 1 aromatic heterocycles. The van der Waals surface area contributed by atoms with Gasteiger partial charge < -0.3 is 9.15 Å². The van der Waals surface area contributed by atoms with E-state index in [1.54, 1.807) is 25.4 Å². The molecule has 4 heteroatoms. The Hall–Kier alpha value is -2.62. The normalized spacial score (nSPS) is 10.6. The number of nitrogens with zero attached hydrogens (tertiary/aromatic N) is 1. The van der Waals surface area contributed by atoms with Crippen LogP contribution in [0.3, 0.4) is 0 Å². The molecule has 0 unspecified atom stereocenters. The monoisotopic (exact) mass is 254 g/mol. The second-order valence-corrected chi connectivity index (χ2v) is 4.11. The van der Waals surface area contributed by atoms with Crippen molar-refractivity contribution in [1.29, 1.82) is 0 Å². The van der Waals surface area contributed by atoms with Crippen LogP contribution in [-0.4, -0.2) is 7.11 Å². The van der Waals surface area contributed by atoms with Crippen LogP contribution in [0.4, 0.5) is 0 Å². The highest BCUT2D eigenvalue weighted by molar-refractivity contribution is 5.74. The molecule has 0 radical (unpaired) electrons. The van der Waals surface area contributed by atoms with Gasteiger partial charge in [0.15, 0.2) is 11.8 Å². The van der Waals surface area contributed by atoms with Crippen LogP contribution in [0.1, 0.15) is 0 Å².